The van der Waals surface area contributed by atoms with Gasteiger partial charge in [-0.2, -0.15) is 0 Å². The van der Waals surface area contributed by atoms with Gasteiger partial charge in [-0.15, -0.1) is 0 Å². The summed E-state index contributed by atoms with van der Waals surface area (Å²) in [7, 11) is -1.83. The Balaban J connectivity index is 1.63. The summed E-state index contributed by atoms with van der Waals surface area (Å²) < 4.78 is 32.3. The highest BCUT2D eigenvalue weighted by atomic mass is 32.2. The van der Waals surface area contributed by atoms with Crippen LogP contribution in [0.25, 0.3) is 0 Å². The lowest BCUT2D eigenvalue weighted by atomic mass is 9.89. The predicted octanol–water partition coefficient (Wildman–Crippen LogP) is 2.41. The molecule has 2 aliphatic carbocycles. The molecule has 2 fully saturated rings. The average Bonchev–Trinajstić information content (AvgIpc) is 3.08. The molecule has 1 N–H and O–H groups in total. The number of ether oxygens (including phenoxy) is 1. The molecule has 20 heavy (non-hydrogen) atoms. The van der Waals surface area contributed by atoms with Gasteiger partial charge in [0.05, 0.1) is 12.0 Å². The van der Waals surface area contributed by atoms with E-state index in [4.69, 9.17) is 4.74 Å². The number of benzene rings is 1. The number of methoxy groups -OCH3 is 1. The van der Waals surface area contributed by atoms with Crippen LogP contribution in [0.2, 0.25) is 0 Å². The van der Waals surface area contributed by atoms with Crippen LogP contribution in [0.15, 0.2) is 29.2 Å². The van der Waals surface area contributed by atoms with Crippen LogP contribution in [0.3, 0.4) is 0 Å². The maximum Gasteiger partial charge on any atom is 0.240 e. The minimum atomic E-state index is -3.40. The standard InChI is InChI=1S/C15H21NO3S/c1-19-14-4-6-15(7-5-14)20(17,18)16-10-13-9-11-2-3-12(13)8-11/h4-7,11-13,16H,2-3,8-10H2,1H3/t11-,12+,13-/m0/s1. The molecule has 0 unspecified atom stereocenters. The molecule has 110 valence electrons. The van der Waals surface area contributed by atoms with Crippen molar-refractivity contribution in [1.82, 2.24) is 4.72 Å². The molecule has 0 aromatic heterocycles. The van der Waals surface area contributed by atoms with E-state index in [1.54, 1.807) is 31.4 Å². The Labute approximate surface area is 120 Å². The topological polar surface area (TPSA) is 55.4 Å². The van der Waals surface area contributed by atoms with Crippen LogP contribution in [-0.4, -0.2) is 22.1 Å². The summed E-state index contributed by atoms with van der Waals surface area (Å²) in [5, 5.41) is 0. The third kappa shape index (κ3) is 2.69. The molecule has 3 rings (SSSR count). The first-order valence-corrected chi connectivity index (χ1v) is 8.70. The second-order valence-corrected chi connectivity index (χ2v) is 7.73. The summed E-state index contributed by atoms with van der Waals surface area (Å²) in [5.74, 6) is 2.77. The van der Waals surface area contributed by atoms with Crippen molar-refractivity contribution >= 4 is 10.0 Å². The lowest BCUT2D eigenvalue weighted by Gasteiger charge is -2.21. The maximum atomic E-state index is 12.2. The Morgan fingerprint density at radius 2 is 1.95 bits per heavy atom. The van der Waals surface area contributed by atoms with Crippen molar-refractivity contribution < 1.29 is 13.2 Å². The molecule has 1 aromatic carbocycles. The SMILES string of the molecule is COc1ccc(S(=O)(=O)NC[C@@H]2C[C@H]3CC[C@@H]2C3)cc1. The molecular formula is C15H21NO3S. The Bertz CT molecular complexity index is 567. The highest BCUT2D eigenvalue weighted by Gasteiger charge is 2.39. The fraction of sp³-hybridized carbons (Fsp3) is 0.600. The van der Waals surface area contributed by atoms with Crippen molar-refractivity contribution in [3.63, 3.8) is 0 Å². The monoisotopic (exact) mass is 295 g/mol. The van der Waals surface area contributed by atoms with Gasteiger partial charge in [0.1, 0.15) is 5.75 Å². The molecule has 0 aliphatic heterocycles. The number of rotatable bonds is 5. The van der Waals surface area contributed by atoms with Crippen LogP contribution < -0.4 is 9.46 Å². The summed E-state index contributed by atoms with van der Waals surface area (Å²) >= 11 is 0. The van der Waals surface area contributed by atoms with Crippen molar-refractivity contribution in [2.45, 2.75) is 30.6 Å². The van der Waals surface area contributed by atoms with Gasteiger partial charge in [0.25, 0.3) is 0 Å². The van der Waals surface area contributed by atoms with E-state index in [1.807, 2.05) is 0 Å². The molecule has 0 spiro atoms. The highest BCUT2D eigenvalue weighted by molar-refractivity contribution is 7.89. The summed E-state index contributed by atoms with van der Waals surface area (Å²) in [5.41, 5.74) is 0. The minimum absolute atomic E-state index is 0.307. The van der Waals surface area contributed by atoms with E-state index in [0.29, 0.717) is 23.1 Å². The van der Waals surface area contributed by atoms with E-state index in [9.17, 15) is 8.42 Å². The van der Waals surface area contributed by atoms with Crippen LogP contribution in [0.4, 0.5) is 0 Å². The van der Waals surface area contributed by atoms with Gasteiger partial charge in [0.2, 0.25) is 10.0 Å². The second-order valence-electron chi connectivity index (χ2n) is 5.96. The van der Waals surface area contributed by atoms with Crippen LogP contribution in [-0.2, 0) is 10.0 Å². The zero-order valence-electron chi connectivity index (χ0n) is 11.7. The fourth-order valence-electron chi connectivity index (χ4n) is 3.68. The molecule has 0 radical (unpaired) electrons. The molecular weight excluding hydrogens is 274 g/mol. The van der Waals surface area contributed by atoms with Crippen molar-refractivity contribution in [3.8, 4) is 5.75 Å². The van der Waals surface area contributed by atoms with Gasteiger partial charge in [0, 0.05) is 6.54 Å². The smallest absolute Gasteiger partial charge is 0.240 e. The Kier molecular flexibility index (Phi) is 3.73. The van der Waals surface area contributed by atoms with E-state index in [-0.39, 0.29) is 0 Å². The van der Waals surface area contributed by atoms with E-state index in [0.717, 1.165) is 11.8 Å². The number of sulfonamides is 1. The van der Waals surface area contributed by atoms with Crippen molar-refractivity contribution in [1.29, 1.82) is 0 Å². The highest BCUT2D eigenvalue weighted by Crippen LogP contribution is 2.48. The van der Waals surface area contributed by atoms with E-state index < -0.39 is 10.0 Å². The summed E-state index contributed by atoms with van der Waals surface area (Å²) in [6, 6.07) is 6.52. The molecule has 2 aliphatic rings. The average molecular weight is 295 g/mol. The van der Waals surface area contributed by atoms with Gasteiger partial charge < -0.3 is 4.74 Å². The normalized spacial score (nSPS) is 28.8. The molecule has 0 saturated heterocycles. The lowest BCUT2D eigenvalue weighted by Crippen LogP contribution is -2.31. The maximum absolute atomic E-state index is 12.2. The second kappa shape index (κ2) is 5.37. The van der Waals surface area contributed by atoms with Crippen LogP contribution >= 0.6 is 0 Å². The number of fused-ring (bicyclic) bond motifs is 2. The zero-order valence-corrected chi connectivity index (χ0v) is 12.5. The molecule has 2 saturated carbocycles. The number of nitrogens with one attached hydrogen (secondary N) is 1. The Hall–Kier alpha value is -1.07. The first kappa shape index (κ1) is 13.9. The van der Waals surface area contributed by atoms with Gasteiger partial charge in [0.15, 0.2) is 0 Å². The molecule has 5 heteroatoms. The number of hydrogen-bond acceptors (Lipinski definition) is 3. The third-order valence-electron chi connectivity index (χ3n) is 4.79. The minimum Gasteiger partial charge on any atom is -0.497 e. The van der Waals surface area contributed by atoms with Gasteiger partial charge >= 0.3 is 0 Å². The summed E-state index contributed by atoms with van der Waals surface area (Å²) in [4.78, 5) is 0.307. The Morgan fingerprint density at radius 1 is 1.20 bits per heavy atom. The van der Waals surface area contributed by atoms with Gasteiger partial charge in [-0.3, -0.25) is 0 Å². The molecule has 4 nitrogen and oxygen atoms in total. The largest absolute Gasteiger partial charge is 0.497 e. The van der Waals surface area contributed by atoms with Crippen molar-refractivity contribution in [2.75, 3.05) is 13.7 Å². The van der Waals surface area contributed by atoms with Gasteiger partial charge in [-0.1, -0.05) is 6.42 Å². The predicted molar refractivity (Wildman–Crippen MR) is 77.1 cm³/mol. The molecule has 3 atom stereocenters. The Morgan fingerprint density at radius 3 is 2.50 bits per heavy atom. The first-order chi connectivity index (χ1) is 9.58. The van der Waals surface area contributed by atoms with E-state index in [2.05, 4.69) is 4.72 Å². The lowest BCUT2D eigenvalue weighted by molar-refractivity contribution is 0.333. The van der Waals surface area contributed by atoms with Gasteiger partial charge in [-0.25, -0.2) is 13.1 Å². The van der Waals surface area contributed by atoms with E-state index >= 15 is 0 Å². The van der Waals surface area contributed by atoms with Crippen LogP contribution in [0, 0.1) is 17.8 Å². The zero-order chi connectivity index (χ0) is 14.2. The van der Waals surface area contributed by atoms with Gasteiger partial charge in [-0.05, 0) is 61.3 Å². The van der Waals surface area contributed by atoms with Crippen molar-refractivity contribution in [3.05, 3.63) is 24.3 Å². The molecule has 1 aromatic rings. The number of hydrogen-bond donors (Lipinski definition) is 1. The molecule has 2 bridgehead atoms. The van der Waals surface area contributed by atoms with Crippen molar-refractivity contribution in [2.24, 2.45) is 17.8 Å². The molecule has 0 amide bonds. The summed E-state index contributed by atoms with van der Waals surface area (Å²) in [6.45, 7) is 0.579. The van der Waals surface area contributed by atoms with Crippen LogP contribution in [0.5, 0.6) is 5.75 Å². The van der Waals surface area contributed by atoms with Crippen LogP contribution in [0.1, 0.15) is 25.7 Å². The third-order valence-corrected chi connectivity index (χ3v) is 6.23. The summed E-state index contributed by atoms with van der Waals surface area (Å²) in [6.07, 6.45) is 5.11. The molecule has 0 heterocycles. The fourth-order valence-corrected chi connectivity index (χ4v) is 4.78. The van der Waals surface area contributed by atoms with E-state index in [1.165, 1.54) is 25.7 Å². The first-order valence-electron chi connectivity index (χ1n) is 7.22. The quantitative estimate of drug-likeness (QED) is 0.907.